The maximum absolute atomic E-state index is 8.87. The molecule has 3 heteroatoms. The van der Waals surface area contributed by atoms with Crippen LogP contribution in [0.1, 0.15) is 11.1 Å². The molecule has 3 nitrogen and oxygen atoms in total. The molecule has 4 rings (SSSR count). The normalized spacial score (nSPS) is 12.4. The fourth-order valence-corrected chi connectivity index (χ4v) is 2.63. The molecule has 1 N–H and O–H groups in total. The fraction of sp³-hybridized carbons (Fsp3) is 0. The van der Waals surface area contributed by atoms with Crippen LogP contribution in [-0.2, 0) is 0 Å². The molecule has 0 radical (unpaired) electrons. The van der Waals surface area contributed by atoms with Crippen LogP contribution in [0.3, 0.4) is 0 Å². The van der Waals surface area contributed by atoms with Gasteiger partial charge in [0.1, 0.15) is 5.84 Å². The zero-order valence-corrected chi connectivity index (χ0v) is 11.2. The highest BCUT2D eigenvalue weighted by Crippen LogP contribution is 2.36. The number of hydrogen-bond acceptors (Lipinski definition) is 3. The maximum Gasteiger partial charge on any atom is 0.138 e. The van der Waals surface area contributed by atoms with Crippen molar-refractivity contribution in [3.05, 3.63) is 71.8 Å². The number of nitrogens with one attached hydrogen (secondary N) is 1. The van der Waals surface area contributed by atoms with Gasteiger partial charge in [0.25, 0.3) is 0 Å². The molecule has 0 atom stereocenters. The lowest BCUT2D eigenvalue weighted by Crippen LogP contribution is -2.16. The van der Waals surface area contributed by atoms with Gasteiger partial charge in [-0.3, -0.25) is 0 Å². The molecule has 1 heterocycles. The van der Waals surface area contributed by atoms with Gasteiger partial charge in [0.15, 0.2) is 0 Å². The zero-order chi connectivity index (χ0) is 14.2. The van der Waals surface area contributed by atoms with Crippen LogP contribution in [0.4, 0.5) is 11.4 Å². The Morgan fingerprint density at radius 2 is 1.67 bits per heavy atom. The van der Waals surface area contributed by atoms with E-state index in [1.807, 2.05) is 30.3 Å². The average Bonchev–Trinajstić information content (AvgIpc) is 2.55. The zero-order valence-electron chi connectivity index (χ0n) is 11.2. The molecule has 0 saturated heterocycles. The van der Waals surface area contributed by atoms with Crippen LogP contribution in [-0.4, -0.2) is 5.84 Å². The molecule has 21 heavy (non-hydrogen) atoms. The lowest BCUT2D eigenvalue weighted by atomic mass is 10.0. The molecule has 0 fully saturated rings. The molecular formula is C18H11N3. The van der Waals surface area contributed by atoms with Crippen molar-refractivity contribution in [2.45, 2.75) is 0 Å². The second-order valence-corrected chi connectivity index (χ2v) is 4.96. The predicted octanol–water partition coefficient (Wildman–Crippen LogP) is 4.22. The quantitative estimate of drug-likeness (QED) is 0.719. The Balaban J connectivity index is 1.87. The number of amidine groups is 1. The molecule has 0 aromatic heterocycles. The van der Waals surface area contributed by atoms with E-state index < -0.39 is 0 Å². The first-order valence-corrected chi connectivity index (χ1v) is 6.73. The third-order valence-corrected chi connectivity index (χ3v) is 3.66. The Bertz CT molecular complexity index is 910. The van der Waals surface area contributed by atoms with Crippen LogP contribution in [0.2, 0.25) is 0 Å². The molecule has 1 aliphatic heterocycles. The van der Waals surface area contributed by atoms with Crippen molar-refractivity contribution in [1.82, 2.24) is 0 Å². The van der Waals surface area contributed by atoms with E-state index in [2.05, 4.69) is 29.6 Å². The lowest BCUT2D eigenvalue weighted by molar-refractivity contribution is 1.44. The molecule has 0 bridgehead atoms. The number of hydrogen-bond donors (Lipinski definition) is 1. The third-order valence-electron chi connectivity index (χ3n) is 3.66. The highest BCUT2D eigenvalue weighted by atomic mass is 15.0. The molecule has 0 saturated carbocycles. The van der Waals surface area contributed by atoms with Gasteiger partial charge in [-0.05, 0) is 41.8 Å². The summed E-state index contributed by atoms with van der Waals surface area (Å²) in [6.45, 7) is 0. The third kappa shape index (κ3) is 1.86. The smallest absolute Gasteiger partial charge is 0.138 e. The van der Waals surface area contributed by atoms with Crippen LogP contribution in [0.25, 0.3) is 10.8 Å². The minimum absolute atomic E-state index is 0.651. The second kappa shape index (κ2) is 4.46. The van der Waals surface area contributed by atoms with E-state index >= 15 is 0 Å². The number of aliphatic imine (C=N–C) groups is 1. The number of benzene rings is 3. The van der Waals surface area contributed by atoms with Crippen LogP contribution >= 0.6 is 0 Å². The van der Waals surface area contributed by atoms with Gasteiger partial charge >= 0.3 is 0 Å². The highest BCUT2D eigenvalue weighted by Gasteiger charge is 2.15. The van der Waals surface area contributed by atoms with Crippen molar-refractivity contribution in [2.75, 3.05) is 5.32 Å². The van der Waals surface area contributed by atoms with Crippen molar-refractivity contribution in [3.8, 4) is 6.07 Å². The topological polar surface area (TPSA) is 48.2 Å². The Morgan fingerprint density at radius 3 is 2.43 bits per heavy atom. The Kier molecular flexibility index (Phi) is 2.48. The van der Waals surface area contributed by atoms with Crippen molar-refractivity contribution in [3.63, 3.8) is 0 Å². The van der Waals surface area contributed by atoms with Crippen LogP contribution in [0.15, 0.2) is 65.7 Å². The van der Waals surface area contributed by atoms with E-state index in [1.54, 1.807) is 12.1 Å². The molecule has 1 aliphatic rings. The highest BCUT2D eigenvalue weighted by molar-refractivity contribution is 6.18. The minimum atomic E-state index is 0.651. The van der Waals surface area contributed by atoms with Gasteiger partial charge in [0, 0.05) is 16.6 Å². The minimum Gasteiger partial charge on any atom is -0.339 e. The number of nitrogens with zero attached hydrogens (tertiary/aromatic N) is 2. The average molecular weight is 269 g/mol. The van der Waals surface area contributed by atoms with Crippen LogP contribution < -0.4 is 5.32 Å². The number of rotatable bonds is 1. The number of anilines is 1. The second-order valence-electron chi connectivity index (χ2n) is 4.96. The molecule has 98 valence electrons. The van der Waals surface area contributed by atoms with Gasteiger partial charge < -0.3 is 5.32 Å². The molecule has 0 aliphatic carbocycles. The first-order valence-electron chi connectivity index (χ1n) is 6.73. The molecule has 3 aromatic rings. The predicted molar refractivity (Wildman–Crippen MR) is 84.9 cm³/mol. The molecule has 3 aromatic carbocycles. The van der Waals surface area contributed by atoms with E-state index in [-0.39, 0.29) is 0 Å². The summed E-state index contributed by atoms with van der Waals surface area (Å²) < 4.78 is 0. The number of nitriles is 1. The van der Waals surface area contributed by atoms with Crippen molar-refractivity contribution >= 4 is 28.0 Å². The summed E-state index contributed by atoms with van der Waals surface area (Å²) in [5.74, 6) is 0.811. The van der Waals surface area contributed by atoms with Gasteiger partial charge in [-0.25, -0.2) is 4.99 Å². The standard InChI is InChI=1S/C18H11N3/c19-11-12-7-9-14(10-8-12)18-20-15-5-1-3-13-4-2-6-16(21-18)17(13)15/h1-10H,(H,20,21). The molecule has 0 spiro atoms. The van der Waals surface area contributed by atoms with Crippen LogP contribution in [0.5, 0.6) is 0 Å². The Labute approximate surface area is 122 Å². The summed E-state index contributed by atoms with van der Waals surface area (Å²) in [6.07, 6.45) is 0. The fourth-order valence-electron chi connectivity index (χ4n) is 2.63. The van der Waals surface area contributed by atoms with E-state index in [1.165, 1.54) is 5.39 Å². The monoisotopic (exact) mass is 269 g/mol. The summed E-state index contributed by atoms with van der Waals surface area (Å²) in [7, 11) is 0. The maximum atomic E-state index is 8.87. The van der Waals surface area contributed by atoms with Gasteiger partial charge in [-0.1, -0.05) is 24.3 Å². The summed E-state index contributed by atoms with van der Waals surface area (Å²) >= 11 is 0. The molecular weight excluding hydrogens is 258 g/mol. The summed E-state index contributed by atoms with van der Waals surface area (Å²) in [4.78, 5) is 4.71. The summed E-state index contributed by atoms with van der Waals surface area (Å²) in [5.41, 5.74) is 3.66. The van der Waals surface area contributed by atoms with E-state index in [0.717, 1.165) is 28.2 Å². The molecule has 0 amide bonds. The Morgan fingerprint density at radius 1 is 0.905 bits per heavy atom. The van der Waals surface area contributed by atoms with Crippen molar-refractivity contribution in [1.29, 1.82) is 5.26 Å². The van der Waals surface area contributed by atoms with Gasteiger partial charge in [0.05, 0.1) is 17.3 Å². The first kappa shape index (κ1) is 11.7. The van der Waals surface area contributed by atoms with Crippen molar-refractivity contribution in [2.24, 2.45) is 4.99 Å². The van der Waals surface area contributed by atoms with Crippen molar-refractivity contribution < 1.29 is 0 Å². The lowest BCUT2D eigenvalue weighted by Gasteiger charge is -2.19. The van der Waals surface area contributed by atoms with Gasteiger partial charge in [-0.15, -0.1) is 0 Å². The summed E-state index contributed by atoms with van der Waals surface area (Å²) in [6, 6.07) is 21.9. The van der Waals surface area contributed by atoms with E-state index in [0.29, 0.717) is 5.56 Å². The molecule has 0 unspecified atom stereocenters. The van der Waals surface area contributed by atoms with E-state index in [9.17, 15) is 0 Å². The van der Waals surface area contributed by atoms with Crippen LogP contribution in [0, 0.1) is 11.3 Å². The SMILES string of the molecule is N#Cc1ccc(C2=Nc3cccc4cccc(c34)N2)cc1. The largest absolute Gasteiger partial charge is 0.339 e. The van der Waals surface area contributed by atoms with Gasteiger partial charge in [-0.2, -0.15) is 5.26 Å². The first-order chi connectivity index (χ1) is 10.3. The summed E-state index contributed by atoms with van der Waals surface area (Å²) in [5, 5.41) is 14.6. The van der Waals surface area contributed by atoms with E-state index in [4.69, 9.17) is 10.3 Å². The van der Waals surface area contributed by atoms with Gasteiger partial charge in [0.2, 0.25) is 0 Å². The Hall–Kier alpha value is -3.12.